The molecule has 0 aromatic heterocycles. The van der Waals surface area contributed by atoms with Gasteiger partial charge in [-0.3, -0.25) is 14.4 Å². The van der Waals surface area contributed by atoms with Crippen molar-refractivity contribution in [1.82, 2.24) is 16.0 Å². The Hall–Kier alpha value is -1.77. The molecule has 0 aromatic carbocycles. The number of carbonyl (C=O) groups excluding carboxylic acids is 3. The van der Waals surface area contributed by atoms with Crippen molar-refractivity contribution < 1.29 is 62.8 Å². The maximum Gasteiger partial charge on any atom is 0.501 e. The first-order valence-electron chi connectivity index (χ1n) is 40.9. The summed E-state index contributed by atoms with van der Waals surface area (Å²) in [6.07, 6.45) is 61.9. The first kappa shape index (κ1) is 94.2. The van der Waals surface area contributed by atoms with Crippen molar-refractivity contribution in [2.24, 2.45) is 0 Å². The number of unbranched alkanes of at least 4 members (excludes halogenated alkanes) is 47. The van der Waals surface area contributed by atoms with Gasteiger partial charge in [0.2, 0.25) is 17.7 Å². The fourth-order valence-electron chi connectivity index (χ4n) is 13.1. The van der Waals surface area contributed by atoms with Gasteiger partial charge in [0.25, 0.3) is 0 Å². The van der Waals surface area contributed by atoms with E-state index in [4.69, 9.17) is 13.3 Å². The number of amides is 3. The van der Waals surface area contributed by atoms with Crippen molar-refractivity contribution in [3.8, 4) is 0 Å². The molecule has 0 spiro atoms. The van der Waals surface area contributed by atoms with Gasteiger partial charge in [0, 0.05) is 31.7 Å². The van der Waals surface area contributed by atoms with Gasteiger partial charge in [0.15, 0.2) is 0 Å². The Kier molecular flexibility index (Phi) is 64.1. The second-order valence-electron chi connectivity index (χ2n) is 30.3. The van der Waals surface area contributed by atoms with E-state index < -0.39 is 84.9 Å². The number of aliphatic hydroxyl groups excluding tert-OH is 6. The number of quaternary nitrogens is 1. The first-order valence-corrected chi connectivity index (χ1v) is 42.9. The molecule has 3 amide bonds. The first-order chi connectivity index (χ1) is 46.6. The molecule has 16 nitrogen and oxygen atoms in total. The molecule has 0 unspecified atom stereocenters. The van der Waals surface area contributed by atoms with Crippen LogP contribution in [0.2, 0.25) is 6.04 Å². The molecule has 0 saturated carbocycles. The molecule has 96 heavy (non-hydrogen) atoms. The lowest BCUT2D eigenvalue weighted by atomic mass is 10.0. The SMILES string of the molecule is CCCCCCCCCCCCCCCCCCCCCC[N+](C)(C)CCC[Si](OCC(CO)(CO)NC(=O)CCCCCCCCCCC)(OCC(CO)(CO)NC(=O)CCCCCCCCCCCCC)OCC(CO)(CO)NC(=O)CCCCCCCCCCCCC. The van der Waals surface area contributed by atoms with Crippen LogP contribution in [0.15, 0.2) is 0 Å². The Morgan fingerprint density at radius 3 is 0.656 bits per heavy atom. The van der Waals surface area contributed by atoms with Gasteiger partial charge in [0.05, 0.1) is 86.6 Å². The molecule has 0 rings (SSSR count). The van der Waals surface area contributed by atoms with E-state index in [0.717, 1.165) is 77.2 Å². The highest BCUT2D eigenvalue weighted by Gasteiger charge is 2.49. The Balaban J connectivity index is 6.53. The van der Waals surface area contributed by atoms with E-state index in [2.05, 4.69) is 57.7 Å². The summed E-state index contributed by atoms with van der Waals surface area (Å²) in [5, 5.41) is 75.1. The zero-order chi connectivity index (χ0) is 70.9. The lowest BCUT2D eigenvalue weighted by Gasteiger charge is -2.41. The van der Waals surface area contributed by atoms with Crippen molar-refractivity contribution >= 4 is 26.5 Å². The molecule has 0 radical (unpaired) electrons. The zero-order valence-electron chi connectivity index (χ0n) is 64.0. The van der Waals surface area contributed by atoms with Gasteiger partial charge in [-0.2, -0.15) is 0 Å². The number of aliphatic hydroxyl groups is 6. The standard InChI is InChI=1S/C79H160N4O12Si/c1-7-11-15-19-23-27-30-31-32-33-34-35-36-37-38-41-45-49-53-57-62-83(5,6)63-58-64-96(93-71-77(65-84,66-85)80-74(90)59-54-50-46-42-26-22-18-14-10-4,94-72-78(67-86,68-87)81-75(91)60-55-51-47-43-39-28-24-20-16-12-8-2)95-73-79(69-88,70-89)82-76(92)61-56-52-48-44-40-29-25-21-17-13-9-3/h84-89H,7-73H2,1-6H3,(H2-,80,81,82,90,91,92)/p+1. The maximum atomic E-state index is 13.7. The van der Waals surface area contributed by atoms with Crippen LogP contribution in [0.3, 0.4) is 0 Å². The minimum atomic E-state index is -4.35. The zero-order valence-corrected chi connectivity index (χ0v) is 65.0. The predicted octanol–water partition coefficient (Wildman–Crippen LogP) is 17.1. The van der Waals surface area contributed by atoms with Crippen LogP contribution >= 0.6 is 0 Å². The summed E-state index contributed by atoms with van der Waals surface area (Å²) in [6.45, 7) is 4.95. The third-order valence-corrected chi connectivity index (χ3v) is 22.8. The third-order valence-electron chi connectivity index (χ3n) is 20.1. The van der Waals surface area contributed by atoms with E-state index in [1.807, 2.05) is 0 Å². The number of rotatable bonds is 77. The van der Waals surface area contributed by atoms with Crippen LogP contribution < -0.4 is 16.0 Å². The number of nitrogens with one attached hydrogen (secondary N) is 3. The van der Waals surface area contributed by atoms with Crippen LogP contribution in [0.25, 0.3) is 0 Å². The van der Waals surface area contributed by atoms with Gasteiger partial charge in [-0.15, -0.1) is 0 Å². The lowest BCUT2D eigenvalue weighted by molar-refractivity contribution is -0.890. The smallest absolute Gasteiger partial charge is 0.394 e. The fraction of sp³-hybridized carbons (Fsp3) is 0.962. The molecule has 0 atom stereocenters. The fourth-order valence-corrected chi connectivity index (χ4v) is 15.8. The molecule has 0 aromatic rings. The molecule has 0 fully saturated rings. The van der Waals surface area contributed by atoms with Crippen LogP contribution in [0.5, 0.6) is 0 Å². The molecule has 9 N–H and O–H groups in total. The van der Waals surface area contributed by atoms with E-state index in [-0.39, 0.29) is 43.0 Å². The maximum absolute atomic E-state index is 13.7. The summed E-state index contributed by atoms with van der Waals surface area (Å²) in [5.74, 6) is -1.07. The second kappa shape index (κ2) is 65.3. The van der Waals surface area contributed by atoms with Crippen LogP contribution in [0.1, 0.15) is 381 Å². The third kappa shape index (κ3) is 53.1. The number of hydrogen-bond donors (Lipinski definition) is 9. The highest BCUT2D eigenvalue weighted by Crippen LogP contribution is 2.27. The molecule has 17 heteroatoms. The summed E-state index contributed by atoms with van der Waals surface area (Å²) in [5.41, 5.74) is -5.07. The molecular weight excluding hydrogens is 1220 g/mol. The second-order valence-corrected chi connectivity index (χ2v) is 33.1. The summed E-state index contributed by atoms with van der Waals surface area (Å²) >= 11 is 0. The van der Waals surface area contributed by atoms with Gasteiger partial charge in [0.1, 0.15) is 16.6 Å². The summed E-state index contributed by atoms with van der Waals surface area (Å²) < 4.78 is 21.3. The normalized spacial score (nSPS) is 12.5. The molecule has 0 heterocycles. The van der Waals surface area contributed by atoms with Gasteiger partial charge in [-0.25, -0.2) is 0 Å². The minimum absolute atomic E-state index is 0.118. The van der Waals surface area contributed by atoms with E-state index in [0.29, 0.717) is 36.7 Å². The summed E-state index contributed by atoms with van der Waals surface area (Å²) in [4.78, 5) is 41.2. The summed E-state index contributed by atoms with van der Waals surface area (Å²) in [6, 6.07) is 0.118. The van der Waals surface area contributed by atoms with Crippen LogP contribution in [0.4, 0.5) is 0 Å². The van der Waals surface area contributed by atoms with Gasteiger partial charge in [-0.05, 0) is 32.1 Å². The molecule has 572 valence electrons. The Morgan fingerprint density at radius 1 is 0.281 bits per heavy atom. The Morgan fingerprint density at radius 2 is 0.458 bits per heavy atom. The van der Waals surface area contributed by atoms with E-state index in [1.165, 1.54) is 238 Å². The molecule has 0 aliphatic heterocycles. The summed E-state index contributed by atoms with van der Waals surface area (Å²) in [7, 11) is 0.0238. The number of nitrogens with zero attached hydrogens (tertiary/aromatic N) is 1. The van der Waals surface area contributed by atoms with Gasteiger partial charge >= 0.3 is 8.80 Å². The van der Waals surface area contributed by atoms with Crippen molar-refractivity contribution in [2.75, 3.05) is 86.6 Å². The lowest BCUT2D eigenvalue weighted by Crippen LogP contribution is -2.64. The van der Waals surface area contributed by atoms with Crippen molar-refractivity contribution in [2.45, 2.75) is 404 Å². The average Bonchev–Trinajstić information content (AvgIpc) is 0.863. The van der Waals surface area contributed by atoms with Crippen molar-refractivity contribution in [3.63, 3.8) is 0 Å². The molecular formula is C79H161N4O12Si+. The molecule has 0 aliphatic rings. The predicted molar refractivity (Wildman–Crippen MR) is 402 cm³/mol. The highest BCUT2D eigenvalue weighted by molar-refractivity contribution is 6.60. The topological polar surface area (TPSA) is 236 Å². The molecule has 0 saturated heterocycles. The number of hydrogen-bond acceptors (Lipinski definition) is 12. The largest absolute Gasteiger partial charge is 0.501 e. The average molecular weight is 1390 g/mol. The van der Waals surface area contributed by atoms with Gasteiger partial charge in [-0.1, -0.05) is 323 Å². The van der Waals surface area contributed by atoms with Gasteiger partial charge < -0.3 is 64.4 Å². The quantitative estimate of drug-likeness (QED) is 0.0157. The Labute approximate surface area is 592 Å². The van der Waals surface area contributed by atoms with Crippen molar-refractivity contribution in [3.05, 3.63) is 0 Å². The van der Waals surface area contributed by atoms with Crippen LogP contribution in [-0.4, -0.2) is 165 Å². The van der Waals surface area contributed by atoms with Crippen LogP contribution in [0, 0.1) is 0 Å². The van der Waals surface area contributed by atoms with Crippen LogP contribution in [-0.2, 0) is 27.7 Å². The van der Waals surface area contributed by atoms with E-state index in [9.17, 15) is 45.0 Å². The number of carbonyl (C=O) groups is 3. The molecule has 0 aliphatic carbocycles. The van der Waals surface area contributed by atoms with Crippen molar-refractivity contribution in [1.29, 1.82) is 0 Å². The van der Waals surface area contributed by atoms with E-state index >= 15 is 0 Å². The monoisotopic (exact) mass is 1390 g/mol. The minimum Gasteiger partial charge on any atom is -0.394 e. The van der Waals surface area contributed by atoms with E-state index in [1.54, 1.807) is 0 Å². The Bertz CT molecular complexity index is 1660. The molecule has 0 bridgehead atoms. The highest BCUT2D eigenvalue weighted by atomic mass is 28.4.